The molecule has 1 aromatic rings. The number of carboxylic acid groups (broad SMARTS) is 1. The molecule has 3 aliphatic heterocycles. The Bertz CT molecular complexity index is 1560. The smallest absolute Gasteiger partial charge is 0.330 e. The summed E-state index contributed by atoms with van der Waals surface area (Å²) >= 11 is 0. The first-order valence-corrected chi connectivity index (χ1v) is 14.1. The molecule has 8 heteroatoms. The number of carbonyl (C=O) groups excluding carboxylic acids is 2. The number of phenols is 1. The second kappa shape index (κ2) is 8.44. The van der Waals surface area contributed by atoms with Gasteiger partial charge in [-0.1, -0.05) is 23.8 Å². The van der Waals surface area contributed by atoms with Crippen LogP contribution in [0.2, 0.25) is 0 Å². The molecule has 1 unspecified atom stereocenters. The highest BCUT2D eigenvalue weighted by molar-refractivity contribution is 6.19. The van der Waals surface area contributed by atoms with Gasteiger partial charge in [0, 0.05) is 35.0 Å². The van der Waals surface area contributed by atoms with E-state index in [0.29, 0.717) is 35.3 Å². The van der Waals surface area contributed by atoms with Crippen LogP contribution >= 0.6 is 0 Å². The van der Waals surface area contributed by atoms with Crippen molar-refractivity contribution in [2.75, 3.05) is 0 Å². The molecular weight excluding hydrogens is 524 g/mol. The van der Waals surface area contributed by atoms with Gasteiger partial charge in [-0.2, -0.15) is 0 Å². The SMILES string of the molecule is CC(C)=CCc1c2c(c(O)c3c1O[C@@]14C(=C[C@H]5CC1C(C)(C)O[C@]4(C/C=C(\C)C(=O)O)C5=O)C3=O)C=CC(C)(C)O2. The van der Waals surface area contributed by atoms with Gasteiger partial charge in [0.25, 0.3) is 0 Å². The number of rotatable bonds is 5. The lowest BCUT2D eigenvalue weighted by molar-refractivity contribution is -0.171. The van der Waals surface area contributed by atoms with E-state index in [1.807, 2.05) is 53.7 Å². The minimum absolute atomic E-state index is 0.0513. The number of fused-ring (bicyclic) bond motifs is 2. The van der Waals surface area contributed by atoms with Gasteiger partial charge in [-0.25, -0.2) is 4.79 Å². The van der Waals surface area contributed by atoms with Crippen LogP contribution in [0.25, 0.3) is 6.08 Å². The van der Waals surface area contributed by atoms with Crippen LogP contribution < -0.4 is 9.47 Å². The largest absolute Gasteiger partial charge is 0.506 e. The maximum absolute atomic E-state index is 14.5. The van der Waals surface area contributed by atoms with Gasteiger partial charge in [0.15, 0.2) is 22.8 Å². The molecule has 8 nitrogen and oxygen atoms in total. The maximum atomic E-state index is 14.5. The normalized spacial score (nSPS) is 31.4. The Hall–Kier alpha value is -3.65. The fourth-order valence-electron chi connectivity index (χ4n) is 7.44. The van der Waals surface area contributed by atoms with Crippen LogP contribution in [-0.4, -0.2) is 50.2 Å². The van der Waals surface area contributed by atoms with Crippen molar-refractivity contribution in [1.82, 2.24) is 0 Å². The van der Waals surface area contributed by atoms with Crippen LogP contribution in [0, 0.1) is 11.8 Å². The van der Waals surface area contributed by atoms with Crippen molar-refractivity contribution in [2.45, 2.75) is 90.1 Å². The summed E-state index contributed by atoms with van der Waals surface area (Å²) in [4.78, 5) is 40.4. The van der Waals surface area contributed by atoms with E-state index < -0.39 is 40.1 Å². The van der Waals surface area contributed by atoms with Crippen molar-refractivity contribution in [3.05, 3.63) is 57.7 Å². The number of carbonyl (C=O) groups is 3. The number of hydrogen-bond donors (Lipinski definition) is 2. The molecule has 41 heavy (non-hydrogen) atoms. The topological polar surface area (TPSA) is 119 Å². The zero-order chi connectivity index (χ0) is 29.9. The van der Waals surface area contributed by atoms with E-state index in [1.54, 1.807) is 12.2 Å². The number of Topliss-reactive ketones (excluding diaryl/α,β-unsaturated/α-hetero) is 2. The van der Waals surface area contributed by atoms with Crippen molar-refractivity contribution in [1.29, 1.82) is 0 Å². The summed E-state index contributed by atoms with van der Waals surface area (Å²) in [6, 6.07) is 0. The average Bonchev–Trinajstić information content (AvgIpc) is 3.03. The van der Waals surface area contributed by atoms with E-state index in [0.717, 1.165) is 5.57 Å². The number of benzene rings is 1. The van der Waals surface area contributed by atoms with E-state index in [2.05, 4.69) is 0 Å². The lowest BCUT2D eigenvalue weighted by Gasteiger charge is -2.56. The standard InChI is InChI=1S/C33H36O8/c1-16(2)8-9-20-26-19(11-12-30(4,5)39-26)24(34)23-25(35)21-14-18-15-22-31(6,7)41-32(28(18)36,13-10-17(3)29(37)38)33(21,22)40-27(20)23/h8,10-12,14,18,22,34H,9,13,15H2,1-7H3,(H,37,38)/b17-10+/t18-,22?,32+,33-/m0/s1. The highest BCUT2D eigenvalue weighted by atomic mass is 16.6. The molecule has 1 spiro atoms. The first-order chi connectivity index (χ1) is 19.1. The Labute approximate surface area is 239 Å². The van der Waals surface area contributed by atoms with E-state index in [9.17, 15) is 24.6 Å². The predicted octanol–water partition coefficient (Wildman–Crippen LogP) is 5.51. The Kier molecular flexibility index (Phi) is 5.67. The summed E-state index contributed by atoms with van der Waals surface area (Å²) in [5, 5.41) is 21.1. The summed E-state index contributed by atoms with van der Waals surface area (Å²) in [6.45, 7) is 13.0. The van der Waals surface area contributed by atoms with E-state index in [1.165, 1.54) is 13.0 Å². The zero-order valence-electron chi connectivity index (χ0n) is 24.5. The van der Waals surface area contributed by atoms with Crippen LogP contribution in [-0.2, 0) is 20.7 Å². The van der Waals surface area contributed by atoms with Crippen LogP contribution in [0.5, 0.6) is 17.2 Å². The lowest BCUT2D eigenvalue weighted by Crippen LogP contribution is -2.72. The van der Waals surface area contributed by atoms with Gasteiger partial charge in [0.1, 0.15) is 28.4 Å². The first-order valence-electron chi connectivity index (χ1n) is 14.1. The molecule has 0 amide bonds. The fraction of sp³-hybridized carbons (Fsp3) is 0.485. The highest BCUT2D eigenvalue weighted by Crippen LogP contribution is 2.68. The van der Waals surface area contributed by atoms with Gasteiger partial charge in [0.05, 0.1) is 11.2 Å². The fourth-order valence-corrected chi connectivity index (χ4v) is 7.44. The van der Waals surface area contributed by atoms with Crippen molar-refractivity contribution >= 4 is 23.6 Å². The number of aliphatic carboxylic acids is 1. The third-order valence-corrected chi connectivity index (χ3v) is 9.37. The van der Waals surface area contributed by atoms with Crippen LogP contribution in [0.15, 0.2) is 41.0 Å². The summed E-state index contributed by atoms with van der Waals surface area (Å²) in [7, 11) is 0. The van der Waals surface area contributed by atoms with Gasteiger partial charge >= 0.3 is 5.97 Å². The maximum Gasteiger partial charge on any atom is 0.330 e. The van der Waals surface area contributed by atoms with E-state index in [4.69, 9.17) is 14.2 Å². The Morgan fingerprint density at radius 2 is 1.78 bits per heavy atom. The monoisotopic (exact) mass is 560 g/mol. The number of aromatic hydroxyl groups is 1. The molecule has 1 saturated heterocycles. The Morgan fingerprint density at radius 1 is 1.07 bits per heavy atom. The van der Waals surface area contributed by atoms with Crippen molar-refractivity contribution in [2.24, 2.45) is 11.8 Å². The first kappa shape index (κ1) is 27.5. The van der Waals surface area contributed by atoms with Gasteiger partial charge < -0.3 is 24.4 Å². The molecule has 0 radical (unpaired) electrons. The molecule has 2 fully saturated rings. The Balaban J connectivity index is 1.66. The molecule has 2 N–H and O–H groups in total. The van der Waals surface area contributed by atoms with Crippen molar-refractivity contribution in [3.63, 3.8) is 0 Å². The molecule has 1 saturated carbocycles. The number of allylic oxidation sites excluding steroid dienone is 3. The average molecular weight is 561 g/mol. The summed E-state index contributed by atoms with van der Waals surface area (Å²) in [5.74, 6) is -2.29. The van der Waals surface area contributed by atoms with Crippen molar-refractivity contribution < 1.29 is 38.8 Å². The van der Waals surface area contributed by atoms with Gasteiger partial charge in [0.2, 0.25) is 0 Å². The van der Waals surface area contributed by atoms with Gasteiger partial charge in [-0.15, -0.1) is 0 Å². The lowest BCUT2D eigenvalue weighted by atomic mass is 9.51. The number of carboxylic acids is 1. The number of ketones is 2. The summed E-state index contributed by atoms with van der Waals surface area (Å²) < 4.78 is 20.1. The van der Waals surface area contributed by atoms with Crippen LogP contribution in [0.4, 0.5) is 0 Å². The molecule has 7 rings (SSSR count). The highest BCUT2D eigenvalue weighted by Gasteiger charge is 2.81. The number of hydrogen-bond acceptors (Lipinski definition) is 7. The quantitative estimate of drug-likeness (QED) is 0.357. The Morgan fingerprint density at radius 3 is 2.44 bits per heavy atom. The van der Waals surface area contributed by atoms with Crippen LogP contribution in [0.1, 0.15) is 82.8 Å². The predicted molar refractivity (Wildman–Crippen MR) is 151 cm³/mol. The molecule has 4 bridgehead atoms. The number of ether oxygens (including phenoxy) is 3. The molecule has 216 valence electrons. The van der Waals surface area contributed by atoms with Crippen molar-refractivity contribution in [3.8, 4) is 17.2 Å². The van der Waals surface area contributed by atoms with E-state index >= 15 is 0 Å². The second-order valence-electron chi connectivity index (χ2n) is 13.2. The van der Waals surface area contributed by atoms with Crippen LogP contribution in [0.3, 0.4) is 0 Å². The van der Waals surface area contributed by atoms with Gasteiger partial charge in [-0.3, -0.25) is 9.59 Å². The third kappa shape index (κ3) is 3.52. The van der Waals surface area contributed by atoms with E-state index in [-0.39, 0.29) is 40.8 Å². The summed E-state index contributed by atoms with van der Waals surface area (Å²) in [6.07, 6.45) is 9.54. The third-order valence-electron chi connectivity index (χ3n) is 9.37. The minimum atomic E-state index is -1.61. The summed E-state index contributed by atoms with van der Waals surface area (Å²) in [5.41, 5.74) is -2.14. The molecule has 4 atom stereocenters. The minimum Gasteiger partial charge on any atom is -0.506 e. The molecule has 3 aliphatic carbocycles. The van der Waals surface area contributed by atoms with Gasteiger partial charge in [-0.05, 0) is 73.5 Å². The molecular formula is C33H36O8. The molecule has 3 heterocycles. The second-order valence-corrected chi connectivity index (χ2v) is 13.2. The molecule has 6 aliphatic rings. The molecule has 0 aromatic heterocycles. The zero-order valence-corrected chi connectivity index (χ0v) is 24.5. The number of phenolic OH excluding ortho intramolecular Hbond substituents is 1. The molecule has 1 aromatic carbocycles.